The molecular formula is C37H27Y-. The minimum absolute atomic E-state index is 0. The van der Waals surface area contributed by atoms with Gasteiger partial charge in [-0.1, -0.05) is 77.9 Å². The zero-order valence-corrected chi connectivity index (χ0v) is 24.5. The molecule has 0 aromatic heterocycles. The molecular weight excluding hydrogens is 533 g/mol. The minimum Gasteiger partial charge on any atom is -0.183 e. The van der Waals surface area contributed by atoms with Gasteiger partial charge >= 0.3 is 0 Å². The number of hydrogen-bond donors (Lipinski definition) is 0. The summed E-state index contributed by atoms with van der Waals surface area (Å²) in [5, 5.41) is 9.32. The van der Waals surface area contributed by atoms with Crippen molar-refractivity contribution in [3.8, 4) is 0 Å². The van der Waals surface area contributed by atoms with Gasteiger partial charge in [-0.15, -0.1) is 17.7 Å². The van der Waals surface area contributed by atoms with Crippen molar-refractivity contribution >= 4 is 50.0 Å². The molecule has 0 aliphatic heterocycles. The van der Waals surface area contributed by atoms with Crippen LogP contribution in [0.4, 0.5) is 0 Å². The second-order valence-electron chi connectivity index (χ2n) is 11.7. The molecule has 5 aromatic carbocycles. The Balaban J connectivity index is 0.00000225. The van der Waals surface area contributed by atoms with E-state index < -0.39 is 0 Å². The second kappa shape index (κ2) is 7.87. The van der Waals surface area contributed by atoms with Crippen molar-refractivity contribution in [2.24, 2.45) is 11.8 Å². The number of benzene rings is 5. The van der Waals surface area contributed by atoms with Gasteiger partial charge in [-0.2, -0.15) is 24.3 Å². The van der Waals surface area contributed by atoms with Crippen LogP contribution in [0.15, 0.2) is 85.0 Å². The third-order valence-electron chi connectivity index (χ3n) is 10.1. The standard InChI is InChI=1S/C37H27.Y/c1-19-8-9-26-28-15-17-32-31-16-14-27-25-7-5-4-6-22(25)20(2)23-10-12-29(36(31)34(23)27)30-13-11-24(35(28)37(30)32)21(3)33(26)18-19;/h5-13,15,17-18,23,27,31,34H,2-3,14,16H2,1H3;/q-1;. The van der Waals surface area contributed by atoms with Gasteiger partial charge in [-0.3, -0.25) is 0 Å². The van der Waals surface area contributed by atoms with Gasteiger partial charge in [-0.25, -0.2) is 0 Å². The zero-order chi connectivity index (χ0) is 24.6. The molecule has 4 aliphatic carbocycles. The van der Waals surface area contributed by atoms with Gasteiger partial charge < -0.3 is 0 Å². The van der Waals surface area contributed by atoms with Crippen LogP contribution in [0.3, 0.4) is 0 Å². The Bertz CT molecular complexity index is 2000. The SMILES string of the molecule is C=C1c2c[c-]ccc2C2CCC3C4=C(C=CC1C42)c1ccc2c(=C)c4cc(C)ccc4c4ccc3c1c24.[Y]. The molecule has 0 heterocycles. The molecule has 5 aromatic rings. The van der Waals surface area contributed by atoms with Crippen molar-refractivity contribution in [1.29, 1.82) is 0 Å². The Hall–Kier alpha value is -2.80. The Morgan fingerprint density at radius 1 is 0.816 bits per heavy atom. The predicted molar refractivity (Wildman–Crippen MR) is 157 cm³/mol. The fourth-order valence-electron chi connectivity index (χ4n) is 8.63. The molecule has 0 spiro atoms. The van der Waals surface area contributed by atoms with Crippen molar-refractivity contribution in [2.75, 3.05) is 0 Å². The van der Waals surface area contributed by atoms with Gasteiger partial charge in [0.25, 0.3) is 0 Å². The third-order valence-corrected chi connectivity index (χ3v) is 10.1. The molecule has 38 heavy (non-hydrogen) atoms. The molecule has 0 saturated heterocycles. The smallest absolute Gasteiger partial charge is 0.00673 e. The molecule has 1 saturated carbocycles. The van der Waals surface area contributed by atoms with Gasteiger partial charge in [0.1, 0.15) is 0 Å². The molecule has 0 N–H and O–H groups in total. The van der Waals surface area contributed by atoms with Crippen molar-refractivity contribution < 1.29 is 32.7 Å². The van der Waals surface area contributed by atoms with E-state index in [4.69, 9.17) is 0 Å². The first kappa shape index (κ1) is 23.1. The van der Waals surface area contributed by atoms with E-state index in [1.165, 1.54) is 84.1 Å². The van der Waals surface area contributed by atoms with Crippen molar-refractivity contribution in [3.63, 3.8) is 0 Å². The van der Waals surface area contributed by atoms with E-state index in [0.717, 1.165) is 5.22 Å². The van der Waals surface area contributed by atoms with Gasteiger partial charge in [0.15, 0.2) is 0 Å². The summed E-state index contributed by atoms with van der Waals surface area (Å²) in [6, 6.07) is 26.3. The van der Waals surface area contributed by atoms with Gasteiger partial charge in [0.2, 0.25) is 0 Å². The summed E-state index contributed by atoms with van der Waals surface area (Å²) in [5.74, 6) is 1.95. The van der Waals surface area contributed by atoms with E-state index in [0.29, 0.717) is 23.7 Å². The second-order valence-corrected chi connectivity index (χ2v) is 11.7. The quantitative estimate of drug-likeness (QED) is 0.101. The van der Waals surface area contributed by atoms with Crippen LogP contribution in [0.2, 0.25) is 0 Å². The molecule has 4 aliphatic rings. The van der Waals surface area contributed by atoms with Crippen LogP contribution in [0, 0.1) is 24.8 Å². The largest absolute Gasteiger partial charge is 0.183 e. The van der Waals surface area contributed by atoms with Crippen LogP contribution < -0.4 is 5.22 Å². The summed E-state index contributed by atoms with van der Waals surface area (Å²) >= 11 is 0. The van der Waals surface area contributed by atoms with E-state index in [-0.39, 0.29) is 32.7 Å². The fraction of sp³-hybridized carbons (Fsp3) is 0.189. The van der Waals surface area contributed by atoms with Gasteiger partial charge in [-0.05, 0) is 91.8 Å². The zero-order valence-electron chi connectivity index (χ0n) is 21.6. The van der Waals surface area contributed by atoms with Crippen LogP contribution in [0.5, 0.6) is 0 Å². The Labute approximate surface area is 248 Å². The first-order valence-electron chi connectivity index (χ1n) is 13.6. The van der Waals surface area contributed by atoms with Crippen molar-refractivity contribution in [2.45, 2.75) is 31.6 Å². The van der Waals surface area contributed by atoms with Crippen LogP contribution in [0.25, 0.3) is 50.0 Å². The Morgan fingerprint density at radius 3 is 2.55 bits per heavy atom. The summed E-state index contributed by atoms with van der Waals surface area (Å²) in [6.07, 6.45) is 7.35. The predicted octanol–water partition coefficient (Wildman–Crippen LogP) is 8.64. The van der Waals surface area contributed by atoms with Crippen molar-refractivity contribution in [1.82, 2.24) is 0 Å². The molecule has 1 radical (unpaired) electrons. The van der Waals surface area contributed by atoms with E-state index in [2.05, 4.69) is 99.0 Å². The molecule has 1 heteroatoms. The van der Waals surface area contributed by atoms with E-state index in [1.807, 2.05) is 0 Å². The summed E-state index contributed by atoms with van der Waals surface area (Å²) in [7, 11) is 0. The molecule has 4 atom stereocenters. The maximum Gasteiger partial charge on any atom is 0.00673 e. The Morgan fingerprint density at radius 2 is 1.66 bits per heavy atom. The van der Waals surface area contributed by atoms with Gasteiger partial charge in [0, 0.05) is 38.6 Å². The average Bonchev–Trinajstić information content (AvgIpc) is 2.94. The molecule has 1 fully saturated rings. The van der Waals surface area contributed by atoms with Crippen LogP contribution in [-0.2, 0) is 32.7 Å². The van der Waals surface area contributed by atoms with E-state index in [1.54, 1.807) is 5.57 Å². The minimum atomic E-state index is 0. The van der Waals surface area contributed by atoms with E-state index in [9.17, 15) is 0 Å². The molecule has 0 bridgehead atoms. The van der Waals surface area contributed by atoms with Crippen LogP contribution in [0.1, 0.15) is 52.5 Å². The number of rotatable bonds is 0. The maximum atomic E-state index is 4.62. The Kier molecular flexibility index (Phi) is 4.79. The summed E-state index contributed by atoms with van der Waals surface area (Å²) in [5.41, 5.74) is 11.5. The first-order valence-corrected chi connectivity index (χ1v) is 13.6. The number of fused-ring (bicyclic) bond motifs is 6. The topological polar surface area (TPSA) is 0 Å². The van der Waals surface area contributed by atoms with Gasteiger partial charge in [0.05, 0.1) is 0 Å². The number of aryl methyl sites for hydroxylation is 1. The average molecular weight is 561 g/mol. The first-order chi connectivity index (χ1) is 18.1. The summed E-state index contributed by atoms with van der Waals surface area (Å²) in [6.45, 7) is 11.4. The summed E-state index contributed by atoms with van der Waals surface area (Å²) < 4.78 is 0. The van der Waals surface area contributed by atoms with Crippen LogP contribution in [-0.4, -0.2) is 0 Å². The molecule has 0 amide bonds. The summed E-state index contributed by atoms with van der Waals surface area (Å²) in [4.78, 5) is 0. The molecule has 0 nitrogen and oxygen atoms in total. The van der Waals surface area contributed by atoms with E-state index >= 15 is 0 Å². The van der Waals surface area contributed by atoms with Crippen molar-refractivity contribution in [3.05, 3.63) is 124 Å². The normalized spacial score (nSPS) is 24.5. The number of hydrogen-bond acceptors (Lipinski definition) is 0. The maximum absolute atomic E-state index is 4.62. The monoisotopic (exact) mass is 560 g/mol. The fourth-order valence-corrected chi connectivity index (χ4v) is 8.63. The molecule has 9 rings (SSSR count). The molecule has 179 valence electrons. The number of allylic oxidation sites excluding steroid dienone is 5. The molecule has 4 unspecified atom stereocenters. The third kappa shape index (κ3) is 2.69. The van der Waals surface area contributed by atoms with Crippen LogP contribution >= 0.6 is 0 Å².